The molecule has 0 spiro atoms. The molecule has 0 aromatic carbocycles. The smallest absolute Gasteiger partial charge is 0.360 e. The van der Waals surface area contributed by atoms with Crippen LogP contribution in [0.25, 0.3) is 0 Å². The van der Waals surface area contributed by atoms with E-state index in [-0.39, 0.29) is 11.2 Å². The molecule has 0 amide bonds. The molecule has 0 bridgehead atoms. The highest BCUT2D eigenvalue weighted by Crippen LogP contribution is 2.33. The van der Waals surface area contributed by atoms with Crippen LogP contribution in [0, 0.1) is 5.92 Å². The van der Waals surface area contributed by atoms with Crippen LogP contribution >= 0.6 is 11.3 Å². The molecule has 3 N–H and O–H groups in total. The number of anilines is 1. The van der Waals surface area contributed by atoms with Gasteiger partial charge in [0.2, 0.25) is 10.1 Å². The molecule has 1 aliphatic rings. The van der Waals surface area contributed by atoms with E-state index in [1.807, 2.05) is 0 Å². The van der Waals surface area contributed by atoms with E-state index in [9.17, 15) is 13.2 Å². The summed E-state index contributed by atoms with van der Waals surface area (Å²) in [5.74, 6) is 0.420. The first-order valence-corrected chi connectivity index (χ1v) is 6.17. The van der Waals surface area contributed by atoms with Gasteiger partial charge in [0.25, 0.3) is 0 Å². The summed E-state index contributed by atoms with van der Waals surface area (Å²) < 4.78 is 36.8. The molecule has 0 saturated heterocycles. The number of halogens is 3. The summed E-state index contributed by atoms with van der Waals surface area (Å²) in [4.78, 5) is 0. The van der Waals surface area contributed by atoms with Gasteiger partial charge in [-0.1, -0.05) is 11.3 Å². The Hall–Kier alpha value is -0.890. The van der Waals surface area contributed by atoms with Gasteiger partial charge in [-0.3, -0.25) is 0 Å². The monoisotopic (exact) mass is 266 g/mol. The number of aromatic nitrogens is 2. The van der Waals surface area contributed by atoms with Crippen LogP contribution in [0.5, 0.6) is 0 Å². The first kappa shape index (κ1) is 12.6. The zero-order valence-corrected chi connectivity index (χ0v) is 9.81. The number of hydrogen-bond donors (Lipinski definition) is 2. The third kappa shape index (κ3) is 3.29. The van der Waals surface area contributed by atoms with Gasteiger partial charge in [0.05, 0.1) is 0 Å². The maximum atomic E-state index is 12.3. The minimum absolute atomic E-state index is 0.220. The van der Waals surface area contributed by atoms with Gasteiger partial charge in [-0.25, -0.2) is 0 Å². The van der Waals surface area contributed by atoms with E-state index in [1.165, 1.54) is 0 Å². The second-order valence-corrected chi connectivity index (χ2v) is 5.21. The summed E-state index contributed by atoms with van der Waals surface area (Å²) in [5, 5.41) is 8.77. The quantitative estimate of drug-likeness (QED) is 0.879. The molecule has 1 saturated carbocycles. The molecule has 1 aromatic rings. The van der Waals surface area contributed by atoms with Crippen molar-refractivity contribution in [2.75, 3.05) is 11.9 Å². The number of nitrogens with one attached hydrogen (secondary N) is 1. The summed E-state index contributed by atoms with van der Waals surface area (Å²) in [6, 6.07) is 0.224. The Labute approximate surface area is 100 Å². The van der Waals surface area contributed by atoms with Gasteiger partial charge in [0.15, 0.2) is 0 Å². The molecule has 1 heterocycles. The van der Waals surface area contributed by atoms with E-state index in [0.717, 1.165) is 19.3 Å². The van der Waals surface area contributed by atoms with Crippen molar-refractivity contribution in [2.45, 2.75) is 31.5 Å². The van der Waals surface area contributed by atoms with Gasteiger partial charge in [-0.15, -0.1) is 10.2 Å². The van der Waals surface area contributed by atoms with Crippen molar-refractivity contribution in [1.29, 1.82) is 0 Å². The third-order valence-electron chi connectivity index (χ3n) is 2.79. The maximum Gasteiger partial charge on any atom is 0.445 e. The second kappa shape index (κ2) is 4.77. The maximum absolute atomic E-state index is 12.3. The predicted molar refractivity (Wildman–Crippen MR) is 58.7 cm³/mol. The zero-order valence-electron chi connectivity index (χ0n) is 9.00. The van der Waals surface area contributed by atoms with Crippen LogP contribution < -0.4 is 11.1 Å². The Balaban J connectivity index is 1.85. The lowest BCUT2D eigenvalue weighted by molar-refractivity contribution is -0.138. The van der Waals surface area contributed by atoms with E-state index in [2.05, 4.69) is 15.5 Å². The molecule has 1 aliphatic carbocycles. The number of alkyl halides is 3. The molecule has 0 radical (unpaired) electrons. The largest absolute Gasteiger partial charge is 0.445 e. The molecular formula is C9H13F3N4S. The fourth-order valence-electron chi connectivity index (χ4n) is 1.94. The number of hydrogen-bond acceptors (Lipinski definition) is 5. The van der Waals surface area contributed by atoms with Gasteiger partial charge >= 0.3 is 6.18 Å². The fraction of sp³-hybridized carbons (Fsp3) is 0.778. The molecule has 8 heteroatoms. The van der Waals surface area contributed by atoms with Crippen molar-refractivity contribution in [3.8, 4) is 0 Å². The molecular weight excluding hydrogens is 253 g/mol. The van der Waals surface area contributed by atoms with Crippen molar-refractivity contribution in [2.24, 2.45) is 11.7 Å². The van der Waals surface area contributed by atoms with E-state index in [0.29, 0.717) is 23.8 Å². The second-order valence-electron chi connectivity index (χ2n) is 4.23. The van der Waals surface area contributed by atoms with Crippen LogP contribution in [0.2, 0.25) is 0 Å². The zero-order chi connectivity index (χ0) is 12.5. The highest BCUT2D eigenvalue weighted by atomic mass is 32.1. The van der Waals surface area contributed by atoms with Crippen molar-refractivity contribution in [1.82, 2.24) is 10.2 Å². The van der Waals surface area contributed by atoms with Gasteiger partial charge < -0.3 is 11.1 Å². The Morgan fingerprint density at radius 3 is 2.65 bits per heavy atom. The molecule has 4 nitrogen and oxygen atoms in total. The van der Waals surface area contributed by atoms with Crippen LogP contribution in [0.4, 0.5) is 18.3 Å². The summed E-state index contributed by atoms with van der Waals surface area (Å²) in [6.07, 6.45) is -1.50. The summed E-state index contributed by atoms with van der Waals surface area (Å²) in [7, 11) is 0. The van der Waals surface area contributed by atoms with E-state index in [4.69, 9.17) is 5.73 Å². The third-order valence-corrected chi connectivity index (χ3v) is 3.72. The molecule has 96 valence electrons. The average molecular weight is 266 g/mol. The van der Waals surface area contributed by atoms with Crippen molar-refractivity contribution >= 4 is 16.5 Å². The molecule has 2 unspecified atom stereocenters. The van der Waals surface area contributed by atoms with Crippen LogP contribution in [-0.2, 0) is 6.18 Å². The van der Waals surface area contributed by atoms with Gasteiger partial charge in [-0.2, -0.15) is 13.2 Å². The minimum Gasteiger partial charge on any atom is -0.360 e. The number of nitrogens with zero attached hydrogens (tertiary/aromatic N) is 2. The molecule has 2 atom stereocenters. The molecule has 0 aliphatic heterocycles. The molecule has 1 fully saturated rings. The highest BCUT2D eigenvalue weighted by Gasteiger charge is 2.35. The van der Waals surface area contributed by atoms with Crippen LogP contribution in [0.1, 0.15) is 24.3 Å². The standard InChI is InChI=1S/C9H13F3N4S/c10-9(11,12)7-15-16-8(17-7)14-4-5-1-2-6(13)3-5/h5-6H,1-4,13H2,(H,14,16). The topological polar surface area (TPSA) is 63.8 Å². The Morgan fingerprint density at radius 1 is 1.35 bits per heavy atom. The van der Waals surface area contributed by atoms with Gasteiger partial charge in [0, 0.05) is 12.6 Å². The molecule has 2 rings (SSSR count). The van der Waals surface area contributed by atoms with Gasteiger partial charge in [-0.05, 0) is 25.2 Å². The lowest BCUT2D eigenvalue weighted by Gasteiger charge is -2.09. The fourth-order valence-corrected chi connectivity index (χ4v) is 2.56. The average Bonchev–Trinajstić information content (AvgIpc) is 2.82. The van der Waals surface area contributed by atoms with Crippen molar-refractivity contribution < 1.29 is 13.2 Å². The van der Waals surface area contributed by atoms with Crippen molar-refractivity contribution in [3.63, 3.8) is 0 Å². The summed E-state index contributed by atoms with van der Waals surface area (Å²) in [5.41, 5.74) is 5.75. The Kier molecular flexibility index (Phi) is 3.53. The number of rotatable bonds is 3. The van der Waals surface area contributed by atoms with Crippen molar-refractivity contribution in [3.05, 3.63) is 5.01 Å². The minimum atomic E-state index is -4.41. The Morgan fingerprint density at radius 2 is 2.12 bits per heavy atom. The molecule has 17 heavy (non-hydrogen) atoms. The summed E-state index contributed by atoms with van der Waals surface area (Å²) in [6.45, 7) is 0.611. The van der Waals surface area contributed by atoms with Crippen LogP contribution in [-0.4, -0.2) is 22.8 Å². The molecule has 1 aromatic heterocycles. The first-order chi connectivity index (χ1) is 7.95. The lowest BCUT2D eigenvalue weighted by Crippen LogP contribution is -2.17. The summed E-state index contributed by atoms with van der Waals surface area (Å²) >= 11 is 0.534. The first-order valence-electron chi connectivity index (χ1n) is 5.35. The predicted octanol–water partition coefficient (Wildman–Crippen LogP) is 2.10. The highest BCUT2D eigenvalue weighted by molar-refractivity contribution is 7.15. The van der Waals surface area contributed by atoms with E-state index in [1.54, 1.807) is 0 Å². The van der Waals surface area contributed by atoms with E-state index >= 15 is 0 Å². The lowest BCUT2D eigenvalue weighted by atomic mass is 10.1. The Bertz CT molecular complexity index is 379. The SMILES string of the molecule is NC1CCC(CNc2nnc(C(F)(F)F)s2)C1. The van der Waals surface area contributed by atoms with Gasteiger partial charge in [0.1, 0.15) is 0 Å². The van der Waals surface area contributed by atoms with Crippen LogP contribution in [0.15, 0.2) is 0 Å². The van der Waals surface area contributed by atoms with Crippen LogP contribution in [0.3, 0.4) is 0 Å². The van der Waals surface area contributed by atoms with E-state index < -0.39 is 11.2 Å². The normalized spacial score (nSPS) is 25.2. The number of nitrogens with two attached hydrogens (primary N) is 1.